The van der Waals surface area contributed by atoms with E-state index in [1.165, 1.54) is 36.5 Å². The van der Waals surface area contributed by atoms with Crippen molar-refractivity contribution < 1.29 is 31.9 Å². The van der Waals surface area contributed by atoms with Crippen LogP contribution in [0.15, 0.2) is 42.7 Å². The summed E-state index contributed by atoms with van der Waals surface area (Å²) in [6.45, 7) is 3.07. The van der Waals surface area contributed by atoms with Crippen LogP contribution in [0.1, 0.15) is 41.1 Å². The first-order chi connectivity index (χ1) is 17.9. The average Bonchev–Trinajstić information content (AvgIpc) is 3.55. The van der Waals surface area contributed by atoms with Gasteiger partial charge in [0.2, 0.25) is 5.91 Å². The first kappa shape index (κ1) is 27.3. The van der Waals surface area contributed by atoms with Crippen LogP contribution in [-0.4, -0.2) is 52.6 Å². The number of hydrogen-bond donors (Lipinski definition) is 2. The second-order valence-corrected chi connectivity index (χ2v) is 9.81. The highest BCUT2D eigenvalue weighted by molar-refractivity contribution is 7.05. The van der Waals surface area contributed by atoms with Crippen molar-refractivity contribution in [1.29, 1.82) is 0 Å². The summed E-state index contributed by atoms with van der Waals surface area (Å²) >= 11 is 1.16. The third-order valence-corrected chi connectivity index (χ3v) is 7.39. The number of methoxy groups -OCH3 is 1. The highest BCUT2D eigenvalue weighted by Gasteiger charge is 2.46. The van der Waals surface area contributed by atoms with Gasteiger partial charge in [-0.05, 0) is 59.8 Å². The molecule has 2 aromatic carbocycles. The van der Waals surface area contributed by atoms with Gasteiger partial charge in [0.25, 0.3) is 0 Å². The summed E-state index contributed by atoms with van der Waals surface area (Å²) in [5.41, 5.74) is 0.0619. The van der Waals surface area contributed by atoms with Gasteiger partial charge in [-0.3, -0.25) is 4.79 Å². The molecule has 0 spiro atoms. The monoisotopic (exact) mass is 551 g/mol. The number of carbonyl (C=O) groups is 2. The largest absolute Gasteiger partial charge is 0.495 e. The zero-order valence-electron chi connectivity index (χ0n) is 20.7. The maximum atomic E-state index is 14.5. The lowest BCUT2D eigenvalue weighted by molar-refractivity contribution is -0.162. The van der Waals surface area contributed by atoms with Crippen LogP contribution in [0.25, 0.3) is 0 Å². The quantitative estimate of drug-likeness (QED) is 0.423. The smallest absolute Gasteiger partial charge is 0.412 e. The molecule has 1 saturated heterocycles. The van der Waals surface area contributed by atoms with Gasteiger partial charge in [-0.15, -0.1) is 0 Å². The molecule has 1 aliphatic rings. The molecule has 202 valence electrons. The number of nitrogens with one attached hydrogen (secondary N) is 2. The number of likely N-dealkylation sites (tertiary alicyclic amines) is 1. The van der Waals surface area contributed by atoms with Crippen LogP contribution in [0, 0.1) is 12.7 Å². The molecular formula is C25H25F4N5O3S. The van der Waals surface area contributed by atoms with E-state index in [0.29, 0.717) is 22.6 Å². The molecule has 13 heteroatoms. The summed E-state index contributed by atoms with van der Waals surface area (Å²) in [6.07, 6.45) is -2.92. The number of anilines is 1. The lowest BCUT2D eigenvalue weighted by atomic mass is 9.80. The van der Waals surface area contributed by atoms with E-state index in [1.807, 2.05) is 5.32 Å². The van der Waals surface area contributed by atoms with Gasteiger partial charge in [-0.2, -0.15) is 17.5 Å². The number of urea groups is 1. The first-order valence-electron chi connectivity index (χ1n) is 11.6. The highest BCUT2D eigenvalue weighted by Crippen LogP contribution is 2.42. The average molecular weight is 552 g/mol. The van der Waals surface area contributed by atoms with Gasteiger partial charge in [-0.25, -0.2) is 14.2 Å². The predicted molar refractivity (Wildman–Crippen MR) is 133 cm³/mol. The molecule has 0 saturated carbocycles. The van der Waals surface area contributed by atoms with E-state index in [1.54, 1.807) is 19.1 Å². The van der Waals surface area contributed by atoms with E-state index >= 15 is 0 Å². The van der Waals surface area contributed by atoms with Crippen molar-refractivity contribution in [3.05, 3.63) is 70.2 Å². The molecule has 2 unspecified atom stereocenters. The first-order valence-corrected chi connectivity index (χ1v) is 12.3. The Labute approximate surface area is 220 Å². The summed E-state index contributed by atoms with van der Waals surface area (Å²) in [5, 5.41) is 5.15. The number of hydrogen-bond acceptors (Lipinski definition) is 6. The molecule has 1 fully saturated rings. The second-order valence-electron chi connectivity index (χ2n) is 9.03. The molecule has 2 N–H and O–H groups in total. The minimum atomic E-state index is -4.76. The molecule has 8 nitrogen and oxygen atoms in total. The number of benzene rings is 2. The molecule has 0 bridgehead atoms. The SMILES string of the molecule is COc1ccc(C(NC(C)=O)C(F)(F)F)cc1NC(=O)N1CCC(c2ccc(C)c(F)c2)(c2ncns2)C1. The predicted octanol–water partition coefficient (Wildman–Crippen LogP) is 4.96. The van der Waals surface area contributed by atoms with Crippen LogP contribution in [-0.2, 0) is 10.2 Å². The summed E-state index contributed by atoms with van der Waals surface area (Å²) in [7, 11) is 1.32. The van der Waals surface area contributed by atoms with Crippen molar-refractivity contribution in [2.75, 3.05) is 25.5 Å². The van der Waals surface area contributed by atoms with E-state index < -0.39 is 29.6 Å². The summed E-state index contributed by atoms with van der Waals surface area (Å²) < 4.78 is 64.8. The minimum absolute atomic E-state index is 0.00407. The van der Waals surface area contributed by atoms with Gasteiger partial charge in [0.05, 0.1) is 18.2 Å². The molecule has 2 atom stereocenters. The molecule has 3 amide bonds. The Kier molecular flexibility index (Phi) is 7.58. The molecule has 0 radical (unpaired) electrons. The van der Waals surface area contributed by atoms with Crippen molar-refractivity contribution in [3.8, 4) is 5.75 Å². The Morgan fingerprint density at radius 2 is 1.97 bits per heavy atom. The Balaban J connectivity index is 1.62. The highest BCUT2D eigenvalue weighted by atomic mass is 32.1. The van der Waals surface area contributed by atoms with Crippen LogP contribution in [0.4, 0.5) is 28.0 Å². The van der Waals surface area contributed by atoms with Crippen LogP contribution in [0.3, 0.4) is 0 Å². The summed E-state index contributed by atoms with van der Waals surface area (Å²) in [4.78, 5) is 30.5. The molecular weight excluding hydrogens is 526 g/mol. The van der Waals surface area contributed by atoms with Gasteiger partial charge in [0, 0.05) is 20.0 Å². The summed E-state index contributed by atoms with van der Waals surface area (Å²) in [5.74, 6) is -1.10. The zero-order chi connectivity index (χ0) is 27.7. The van der Waals surface area contributed by atoms with Gasteiger partial charge in [0.1, 0.15) is 22.9 Å². The van der Waals surface area contributed by atoms with Crippen molar-refractivity contribution in [2.45, 2.75) is 37.9 Å². The maximum absolute atomic E-state index is 14.5. The van der Waals surface area contributed by atoms with Crippen molar-refractivity contribution in [2.24, 2.45) is 0 Å². The van der Waals surface area contributed by atoms with Gasteiger partial charge in [0.15, 0.2) is 6.04 Å². The fraction of sp³-hybridized carbons (Fsp3) is 0.360. The molecule has 38 heavy (non-hydrogen) atoms. The number of amides is 3. The van der Waals surface area contributed by atoms with Crippen molar-refractivity contribution in [1.82, 2.24) is 19.6 Å². The third-order valence-electron chi connectivity index (χ3n) is 6.52. The van der Waals surface area contributed by atoms with E-state index in [-0.39, 0.29) is 35.9 Å². The fourth-order valence-corrected chi connectivity index (χ4v) is 5.29. The molecule has 0 aliphatic carbocycles. The normalized spacial score (nSPS) is 18.2. The molecule has 4 rings (SSSR count). The number of rotatable bonds is 6. The summed E-state index contributed by atoms with van der Waals surface area (Å²) in [6, 6.07) is 5.63. The topological polar surface area (TPSA) is 96.5 Å². The van der Waals surface area contributed by atoms with E-state index in [4.69, 9.17) is 4.74 Å². The molecule has 2 heterocycles. The van der Waals surface area contributed by atoms with E-state index in [2.05, 4.69) is 14.7 Å². The van der Waals surface area contributed by atoms with Crippen LogP contribution < -0.4 is 15.4 Å². The number of aromatic nitrogens is 2. The van der Waals surface area contributed by atoms with E-state index in [0.717, 1.165) is 24.5 Å². The Bertz CT molecular complexity index is 1340. The molecule has 3 aromatic rings. The lowest BCUT2D eigenvalue weighted by Gasteiger charge is -2.28. The minimum Gasteiger partial charge on any atom is -0.495 e. The van der Waals surface area contributed by atoms with Crippen LogP contribution in [0.2, 0.25) is 0 Å². The molecule has 1 aliphatic heterocycles. The third kappa shape index (κ3) is 5.42. The molecule has 1 aromatic heterocycles. The number of ether oxygens (including phenoxy) is 1. The fourth-order valence-electron chi connectivity index (χ4n) is 4.55. The van der Waals surface area contributed by atoms with Crippen molar-refractivity contribution >= 4 is 29.2 Å². The lowest BCUT2D eigenvalue weighted by Crippen LogP contribution is -2.38. The zero-order valence-corrected chi connectivity index (χ0v) is 21.5. The van der Waals surface area contributed by atoms with Crippen LogP contribution >= 0.6 is 11.5 Å². The van der Waals surface area contributed by atoms with Crippen LogP contribution in [0.5, 0.6) is 5.75 Å². The second kappa shape index (κ2) is 10.6. The van der Waals surface area contributed by atoms with Gasteiger partial charge >= 0.3 is 12.2 Å². The Morgan fingerprint density at radius 3 is 2.58 bits per heavy atom. The number of nitrogens with zero attached hydrogens (tertiary/aromatic N) is 3. The maximum Gasteiger partial charge on any atom is 0.412 e. The van der Waals surface area contributed by atoms with E-state index in [9.17, 15) is 27.2 Å². The Hall–Kier alpha value is -3.74. The van der Waals surface area contributed by atoms with Gasteiger partial charge in [-0.1, -0.05) is 18.2 Å². The van der Waals surface area contributed by atoms with Gasteiger partial charge < -0.3 is 20.3 Å². The number of halogens is 4. The van der Waals surface area contributed by atoms with Crippen molar-refractivity contribution in [3.63, 3.8) is 0 Å². The standard InChI is InChI=1S/C25H25F4N5O3S/c1-14-4-6-17(11-18(14)26)24(22-30-13-31-38-22)8-9-34(12-24)23(36)33-19-10-16(5-7-20(19)37-3)21(25(27,28)29)32-15(2)35/h4-7,10-11,13,21H,8-9,12H2,1-3H3,(H,32,35)(H,33,36). The number of alkyl halides is 3. The number of carbonyl (C=O) groups excluding carboxylic acids is 2. The number of aryl methyl sites for hydroxylation is 1. The Morgan fingerprint density at radius 1 is 1.21 bits per heavy atom.